The zero-order valence-corrected chi connectivity index (χ0v) is 13.5. The molecular weight excluding hydrogens is 328 g/mol. The highest BCUT2D eigenvalue weighted by Gasteiger charge is 2.28. The van der Waals surface area contributed by atoms with E-state index >= 15 is 0 Å². The molecule has 1 aliphatic heterocycles. The molecular formula is C15H14N6O2S. The molecule has 9 heteroatoms. The van der Waals surface area contributed by atoms with Crippen LogP contribution < -0.4 is 0 Å². The predicted molar refractivity (Wildman–Crippen MR) is 85.3 cm³/mol. The normalized spacial score (nSPS) is 15.6. The number of carbonyl (C=O) groups excluding carboxylic acids is 1. The average molecular weight is 342 g/mol. The van der Waals surface area contributed by atoms with Gasteiger partial charge in [0.2, 0.25) is 11.7 Å². The lowest BCUT2D eigenvalue weighted by Crippen LogP contribution is -2.37. The zero-order valence-electron chi connectivity index (χ0n) is 12.7. The van der Waals surface area contributed by atoms with Crippen LogP contribution in [-0.2, 0) is 0 Å². The van der Waals surface area contributed by atoms with Crippen molar-refractivity contribution < 1.29 is 9.32 Å². The van der Waals surface area contributed by atoms with Crippen LogP contribution in [0.1, 0.15) is 34.3 Å². The van der Waals surface area contributed by atoms with Gasteiger partial charge in [-0.3, -0.25) is 9.78 Å². The van der Waals surface area contributed by atoms with E-state index in [2.05, 4.69) is 24.7 Å². The molecule has 4 rings (SSSR count). The molecule has 1 fully saturated rings. The second-order valence-corrected chi connectivity index (χ2v) is 6.31. The van der Waals surface area contributed by atoms with E-state index in [4.69, 9.17) is 4.52 Å². The Hall–Kier alpha value is -2.68. The molecule has 0 atom stereocenters. The Morgan fingerprint density at radius 3 is 2.88 bits per heavy atom. The summed E-state index contributed by atoms with van der Waals surface area (Å²) < 4.78 is 9.14. The second kappa shape index (κ2) is 6.44. The first kappa shape index (κ1) is 14.9. The van der Waals surface area contributed by atoms with E-state index in [1.54, 1.807) is 6.20 Å². The van der Waals surface area contributed by atoms with E-state index in [9.17, 15) is 4.79 Å². The van der Waals surface area contributed by atoms with E-state index < -0.39 is 0 Å². The Balaban J connectivity index is 1.41. The Kier molecular flexibility index (Phi) is 3.99. The summed E-state index contributed by atoms with van der Waals surface area (Å²) in [5, 5.41) is 7.73. The summed E-state index contributed by atoms with van der Waals surface area (Å²) in [6.07, 6.45) is 4.80. The van der Waals surface area contributed by atoms with Gasteiger partial charge in [-0.1, -0.05) is 15.7 Å². The largest absolute Gasteiger partial charge is 0.339 e. The molecule has 1 aliphatic rings. The number of hydrogen-bond donors (Lipinski definition) is 0. The number of aromatic nitrogens is 5. The maximum atomic E-state index is 12.3. The molecule has 0 aromatic carbocycles. The maximum Gasteiger partial charge on any atom is 0.267 e. The second-order valence-electron chi connectivity index (χ2n) is 5.52. The van der Waals surface area contributed by atoms with Gasteiger partial charge in [-0.05, 0) is 36.5 Å². The van der Waals surface area contributed by atoms with Crippen molar-refractivity contribution in [3.8, 4) is 11.5 Å². The number of pyridine rings is 1. The summed E-state index contributed by atoms with van der Waals surface area (Å²) in [7, 11) is 0. The number of likely N-dealkylation sites (tertiary alicyclic amines) is 1. The van der Waals surface area contributed by atoms with Crippen LogP contribution in [0.3, 0.4) is 0 Å². The van der Waals surface area contributed by atoms with Crippen LogP contribution in [0.4, 0.5) is 0 Å². The minimum atomic E-state index is -0.0110. The van der Waals surface area contributed by atoms with Crippen LogP contribution in [0.5, 0.6) is 0 Å². The van der Waals surface area contributed by atoms with Crippen molar-refractivity contribution in [2.24, 2.45) is 0 Å². The topological polar surface area (TPSA) is 97.9 Å². The van der Waals surface area contributed by atoms with Crippen LogP contribution in [0.15, 0.2) is 35.1 Å². The summed E-state index contributed by atoms with van der Waals surface area (Å²) >= 11 is 1.12. The highest BCUT2D eigenvalue weighted by molar-refractivity contribution is 7.07. The van der Waals surface area contributed by atoms with Crippen molar-refractivity contribution in [3.63, 3.8) is 0 Å². The Bertz CT molecular complexity index is 812. The van der Waals surface area contributed by atoms with Gasteiger partial charge in [0.05, 0.1) is 6.20 Å². The number of carbonyl (C=O) groups is 1. The van der Waals surface area contributed by atoms with Gasteiger partial charge in [0.1, 0.15) is 10.6 Å². The van der Waals surface area contributed by atoms with Crippen molar-refractivity contribution in [1.29, 1.82) is 0 Å². The maximum absolute atomic E-state index is 12.3. The van der Waals surface area contributed by atoms with Gasteiger partial charge >= 0.3 is 0 Å². The van der Waals surface area contributed by atoms with Gasteiger partial charge in [0, 0.05) is 25.2 Å². The molecule has 0 unspecified atom stereocenters. The smallest absolute Gasteiger partial charge is 0.267 e. The fourth-order valence-electron chi connectivity index (χ4n) is 2.75. The lowest BCUT2D eigenvalue weighted by atomic mass is 9.96. The molecule has 3 aromatic rings. The van der Waals surface area contributed by atoms with Crippen LogP contribution in [0.25, 0.3) is 11.5 Å². The molecule has 122 valence electrons. The molecule has 1 amide bonds. The summed E-state index contributed by atoms with van der Waals surface area (Å²) in [6, 6.07) is 5.58. The van der Waals surface area contributed by atoms with Crippen molar-refractivity contribution in [2.45, 2.75) is 18.8 Å². The minimum Gasteiger partial charge on any atom is -0.339 e. The van der Waals surface area contributed by atoms with Crippen LogP contribution >= 0.6 is 11.5 Å². The van der Waals surface area contributed by atoms with Gasteiger partial charge < -0.3 is 9.42 Å². The predicted octanol–water partition coefficient (Wildman–Crippen LogP) is 2.00. The van der Waals surface area contributed by atoms with E-state index in [0.717, 1.165) is 24.4 Å². The molecule has 4 heterocycles. The fourth-order valence-corrected chi connectivity index (χ4v) is 3.23. The number of hydrogen-bond acceptors (Lipinski definition) is 8. The highest BCUT2D eigenvalue weighted by Crippen LogP contribution is 2.28. The quantitative estimate of drug-likeness (QED) is 0.718. The van der Waals surface area contributed by atoms with Gasteiger partial charge in [-0.2, -0.15) is 4.98 Å². The number of amides is 1. The summed E-state index contributed by atoms with van der Waals surface area (Å²) in [6.45, 7) is 1.31. The van der Waals surface area contributed by atoms with Gasteiger partial charge in [-0.25, -0.2) is 0 Å². The van der Waals surface area contributed by atoms with E-state index in [1.165, 1.54) is 6.20 Å². The Morgan fingerprint density at radius 1 is 1.29 bits per heavy atom. The summed E-state index contributed by atoms with van der Waals surface area (Å²) in [4.78, 5) is 23.4. The average Bonchev–Trinajstić information content (AvgIpc) is 3.34. The first-order chi connectivity index (χ1) is 11.8. The van der Waals surface area contributed by atoms with Crippen molar-refractivity contribution in [1.82, 2.24) is 29.6 Å². The molecule has 24 heavy (non-hydrogen) atoms. The van der Waals surface area contributed by atoms with Crippen LogP contribution in [0, 0.1) is 0 Å². The van der Waals surface area contributed by atoms with Crippen LogP contribution in [0.2, 0.25) is 0 Å². The Labute approximate surface area is 141 Å². The van der Waals surface area contributed by atoms with Crippen LogP contribution in [-0.4, -0.2) is 48.6 Å². The molecule has 8 nitrogen and oxygen atoms in total. The molecule has 0 N–H and O–H groups in total. The van der Waals surface area contributed by atoms with Crippen molar-refractivity contribution in [3.05, 3.63) is 41.4 Å². The molecule has 1 saturated heterocycles. The Morgan fingerprint density at radius 2 is 2.17 bits per heavy atom. The number of nitrogens with zero attached hydrogens (tertiary/aromatic N) is 6. The number of rotatable bonds is 3. The third-order valence-electron chi connectivity index (χ3n) is 4.04. The lowest BCUT2D eigenvalue weighted by Gasteiger charge is -2.29. The SMILES string of the molecule is O=C(c1cnns1)N1CCC(c2nc(-c3ccccn3)no2)CC1. The zero-order chi connectivity index (χ0) is 16.4. The molecule has 0 bridgehead atoms. The number of piperidine rings is 1. The summed E-state index contributed by atoms with van der Waals surface area (Å²) in [5.74, 6) is 1.27. The van der Waals surface area contributed by atoms with Gasteiger partial charge in [0.25, 0.3) is 5.91 Å². The molecule has 0 aliphatic carbocycles. The van der Waals surface area contributed by atoms with E-state index in [1.807, 2.05) is 23.1 Å². The van der Waals surface area contributed by atoms with Gasteiger partial charge in [0.15, 0.2) is 0 Å². The fraction of sp³-hybridized carbons (Fsp3) is 0.333. The third kappa shape index (κ3) is 2.90. The summed E-state index contributed by atoms with van der Waals surface area (Å²) in [5.41, 5.74) is 0.692. The highest BCUT2D eigenvalue weighted by atomic mass is 32.1. The first-order valence-electron chi connectivity index (χ1n) is 7.63. The first-order valence-corrected chi connectivity index (χ1v) is 8.40. The third-order valence-corrected chi connectivity index (χ3v) is 4.69. The van der Waals surface area contributed by atoms with Crippen molar-refractivity contribution in [2.75, 3.05) is 13.1 Å². The van der Waals surface area contributed by atoms with Gasteiger partial charge in [-0.15, -0.1) is 5.10 Å². The standard InChI is InChI=1S/C15H14N6O2S/c22-15(12-9-17-20-24-12)21-7-4-10(5-8-21)14-18-13(19-23-14)11-3-1-2-6-16-11/h1-3,6,9-10H,4-5,7-8H2. The molecule has 0 spiro atoms. The molecule has 0 radical (unpaired) electrons. The lowest BCUT2D eigenvalue weighted by molar-refractivity contribution is 0.0709. The molecule has 0 saturated carbocycles. The van der Waals surface area contributed by atoms with Crippen molar-refractivity contribution >= 4 is 17.4 Å². The van der Waals surface area contributed by atoms with E-state index in [0.29, 0.717) is 35.4 Å². The monoisotopic (exact) mass is 342 g/mol. The molecule has 3 aromatic heterocycles. The minimum absolute atomic E-state index is 0.0110. The van der Waals surface area contributed by atoms with E-state index in [-0.39, 0.29) is 11.8 Å².